The quantitative estimate of drug-likeness (QED) is 0.846. The van der Waals surface area contributed by atoms with E-state index in [4.69, 9.17) is 4.42 Å². The van der Waals surface area contributed by atoms with Crippen LogP contribution in [0.4, 0.5) is 0 Å². The third-order valence-corrected chi connectivity index (χ3v) is 4.09. The van der Waals surface area contributed by atoms with Crippen LogP contribution in [0.2, 0.25) is 0 Å². The van der Waals surface area contributed by atoms with Crippen molar-refractivity contribution < 1.29 is 22.4 Å². The summed E-state index contributed by atoms with van der Waals surface area (Å²) in [7, 11) is -2.62. The first-order valence-corrected chi connectivity index (χ1v) is 7.21. The third-order valence-electron chi connectivity index (χ3n) is 2.63. The molecule has 0 aliphatic carbocycles. The fourth-order valence-electron chi connectivity index (χ4n) is 1.63. The van der Waals surface area contributed by atoms with E-state index in [1.54, 1.807) is 18.2 Å². The molecule has 0 fully saturated rings. The van der Waals surface area contributed by atoms with Crippen molar-refractivity contribution in [2.75, 3.05) is 7.11 Å². The van der Waals surface area contributed by atoms with E-state index in [9.17, 15) is 13.2 Å². The highest BCUT2D eigenvalue weighted by Gasteiger charge is 2.22. The van der Waals surface area contributed by atoms with Gasteiger partial charge in [0.25, 0.3) is 0 Å². The highest BCUT2D eigenvalue weighted by Crippen LogP contribution is 2.16. The highest BCUT2D eigenvalue weighted by atomic mass is 32.2. The average molecular weight is 295 g/mol. The monoisotopic (exact) mass is 295 g/mol. The number of ether oxygens (including phenoxy) is 1. The SMILES string of the molecule is COC(=O)c1ccccc1S(=O)(=O)NCc1ccoc1. The Labute approximate surface area is 116 Å². The Morgan fingerprint density at radius 3 is 2.70 bits per heavy atom. The minimum Gasteiger partial charge on any atom is -0.472 e. The number of sulfonamides is 1. The minimum absolute atomic E-state index is 0.00491. The topological polar surface area (TPSA) is 85.6 Å². The van der Waals surface area contributed by atoms with Crippen LogP contribution in [-0.4, -0.2) is 21.5 Å². The number of benzene rings is 1. The van der Waals surface area contributed by atoms with E-state index in [1.807, 2.05) is 0 Å². The van der Waals surface area contributed by atoms with Gasteiger partial charge in [-0.2, -0.15) is 0 Å². The number of carbonyl (C=O) groups excluding carboxylic acids is 1. The van der Waals surface area contributed by atoms with E-state index in [-0.39, 0.29) is 17.0 Å². The van der Waals surface area contributed by atoms with Gasteiger partial charge >= 0.3 is 5.97 Å². The molecule has 0 saturated carbocycles. The molecule has 7 heteroatoms. The van der Waals surface area contributed by atoms with Gasteiger partial charge in [-0.1, -0.05) is 12.1 Å². The molecular weight excluding hydrogens is 282 g/mol. The molecule has 0 saturated heterocycles. The summed E-state index contributed by atoms with van der Waals surface area (Å²) < 4.78 is 36.3. The van der Waals surface area contributed by atoms with E-state index in [2.05, 4.69) is 9.46 Å². The number of nitrogens with one attached hydrogen (secondary N) is 1. The molecule has 1 aromatic carbocycles. The maximum absolute atomic E-state index is 12.2. The molecule has 20 heavy (non-hydrogen) atoms. The van der Waals surface area contributed by atoms with Gasteiger partial charge in [0, 0.05) is 12.1 Å². The summed E-state index contributed by atoms with van der Waals surface area (Å²) in [6.07, 6.45) is 2.89. The molecule has 106 valence electrons. The van der Waals surface area contributed by atoms with E-state index >= 15 is 0 Å². The predicted molar refractivity (Wildman–Crippen MR) is 70.5 cm³/mol. The molecule has 1 N–H and O–H groups in total. The van der Waals surface area contributed by atoms with Gasteiger partial charge in [-0.25, -0.2) is 17.9 Å². The Bertz CT molecular complexity index is 691. The lowest BCUT2D eigenvalue weighted by molar-refractivity contribution is 0.0596. The zero-order valence-corrected chi connectivity index (χ0v) is 11.5. The van der Waals surface area contributed by atoms with E-state index in [1.165, 1.54) is 31.8 Å². The van der Waals surface area contributed by atoms with Gasteiger partial charge in [0.15, 0.2) is 0 Å². The molecule has 0 atom stereocenters. The average Bonchev–Trinajstić information content (AvgIpc) is 2.98. The summed E-state index contributed by atoms with van der Waals surface area (Å²) in [6, 6.07) is 7.51. The van der Waals surface area contributed by atoms with Crippen molar-refractivity contribution in [1.82, 2.24) is 4.72 Å². The van der Waals surface area contributed by atoms with Gasteiger partial charge in [-0.05, 0) is 18.2 Å². The van der Waals surface area contributed by atoms with Crippen LogP contribution in [0.15, 0.2) is 52.2 Å². The summed E-state index contributed by atoms with van der Waals surface area (Å²) in [4.78, 5) is 11.5. The van der Waals surface area contributed by atoms with Gasteiger partial charge in [0.2, 0.25) is 10.0 Å². The Morgan fingerprint density at radius 2 is 2.05 bits per heavy atom. The number of methoxy groups -OCH3 is 1. The van der Waals surface area contributed by atoms with Crippen molar-refractivity contribution in [2.45, 2.75) is 11.4 Å². The fraction of sp³-hybridized carbons (Fsp3) is 0.154. The van der Waals surface area contributed by atoms with Crippen LogP contribution >= 0.6 is 0 Å². The van der Waals surface area contributed by atoms with E-state index < -0.39 is 16.0 Å². The highest BCUT2D eigenvalue weighted by molar-refractivity contribution is 7.89. The number of esters is 1. The fourth-order valence-corrected chi connectivity index (χ4v) is 2.84. The maximum Gasteiger partial charge on any atom is 0.339 e. The number of hydrogen-bond donors (Lipinski definition) is 1. The molecule has 0 bridgehead atoms. The van der Waals surface area contributed by atoms with E-state index in [0.29, 0.717) is 5.56 Å². The second-order valence-electron chi connectivity index (χ2n) is 3.94. The van der Waals surface area contributed by atoms with Crippen molar-refractivity contribution in [3.05, 3.63) is 54.0 Å². The van der Waals surface area contributed by atoms with Crippen LogP contribution < -0.4 is 4.72 Å². The lowest BCUT2D eigenvalue weighted by Crippen LogP contribution is -2.25. The summed E-state index contributed by atoms with van der Waals surface area (Å²) in [5, 5.41) is 0. The second kappa shape index (κ2) is 5.89. The van der Waals surface area contributed by atoms with Crippen LogP contribution in [0.3, 0.4) is 0 Å². The molecule has 0 aliphatic heterocycles. The minimum atomic E-state index is -3.81. The molecule has 0 spiro atoms. The zero-order chi connectivity index (χ0) is 14.6. The van der Waals surface area contributed by atoms with Crippen molar-refractivity contribution in [2.24, 2.45) is 0 Å². The molecule has 1 heterocycles. The second-order valence-corrected chi connectivity index (χ2v) is 5.68. The molecule has 0 amide bonds. The first-order chi connectivity index (χ1) is 9.54. The standard InChI is InChI=1S/C13H13NO5S/c1-18-13(15)11-4-2-3-5-12(11)20(16,17)14-8-10-6-7-19-9-10/h2-7,9,14H,8H2,1H3. The maximum atomic E-state index is 12.2. The van der Waals surface area contributed by atoms with Gasteiger partial charge in [-0.15, -0.1) is 0 Å². The third kappa shape index (κ3) is 3.06. The number of furan rings is 1. The summed E-state index contributed by atoms with van der Waals surface area (Å²) in [5.74, 6) is -0.700. The Hall–Kier alpha value is -2.12. The molecule has 2 rings (SSSR count). The van der Waals surface area contributed by atoms with Gasteiger partial charge in [0.05, 0.1) is 30.1 Å². The lowest BCUT2D eigenvalue weighted by atomic mass is 10.2. The molecule has 0 radical (unpaired) electrons. The van der Waals surface area contributed by atoms with E-state index in [0.717, 1.165) is 0 Å². The van der Waals surface area contributed by atoms with Crippen LogP contribution in [0.5, 0.6) is 0 Å². The summed E-state index contributed by atoms with van der Waals surface area (Å²) >= 11 is 0. The lowest BCUT2D eigenvalue weighted by Gasteiger charge is -2.09. The number of hydrogen-bond acceptors (Lipinski definition) is 5. The number of carbonyl (C=O) groups is 1. The number of rotatable bonds is 5. The summed E-state index contributed by atoms with van der Waals surface area (Å²) in [5.41, 5.74) is 0.679. The Balaban J connectivity index is 2.27. The van der Waals surface area contributed by atoms with Crippen molar-refractivity contribution >= 4 is 16.0 Å². The molecule has 2 aromatic rings. The Morgan fingerprint density at radius 1 is 1.30 bits per heavy atom. The van der Waals surface area contributed by atoms with Crippen molar-refractivity contribution in [3.8, 4) is 0 Å². The first-order valence-electron chi connectivity index (χ1n) is 5.72. The first kappa shape index (κ1) is 14.3. The molecule has 6 nitrogen and oxygen atoms in total. The normalized spacial score (nSPS) is 11.2. The Kier molecular flexibility index (Phi) is 4.21. The van der Waals surface area contributed by atoms with Gasteiger partial charge in [0.1, 0.15) is 0 Å². The van der Waals surface area contributed by atoms with Crippen LogP contribution in [-0.2, 0) is 21.3 Å². The van der Waals surface area contributed by atoms with Crippen molar-refractivity contribution in [1.29, 1.82) is 0 Å². The molecule has 0 aliphatic rings. The predicted octanol–water partition coefficient (Wildman–Crippen LogP) is 1.54. The van der Waals surface area contributed by atoms with Crippen LogP contribution in [0.1, 0.15) is 15.9 Å². The van der Waals surface area contributed by atoms with Gasteiger partial charge in [-0.3, -0.25) is 0 Å². The smallest absolute Gasteiger partial charge is 0.339 e. The van der Waals surface area contributed by atoms with Crippen LogP contribution in [0, 0.1) is 0 Å². The van der Waals surface area contributed by atoms with Gasteiger partial charge < -0.3 is 9.15 Å². The largest absolute Gasteiger partial charge is 0.472 e. The summed E-state index contributed by atoms with van der Waals surface area (Å²) in [6.45, 7) is 0.0777. The van der Waals surface area contributed by atoms with Crippen molar-refractivity contribution in [3.63, 3.8) is 0 Å². The molecule has 1 aromatic heterocycles. The van der Waals surface area contributed by atoms with Crippen LogP contribution in [0.25, 0.3) is 0 Å². The molecule has 0 unspecified atom stereocenters. The zero-order valence-electron chi connectivity index (χ0n) is 10.7. The molecular formula is C13H13NO5S.